The molecule has 0 aliphatic heterocycles. The maximum absolute atomic E-state index is 9.24. The molecule has 0 aromatic heterocycles. The second-order valence-corrected chi connectivity index (χ2v) is 2.83. The first kappa shape index (κ1) is 8.20. The van der Waals surface area contributed by atoms with E-state index in [2.05, 4.69) is 15.9 Å². The van der Waals surface area contributed by atoms with Gasteiger partial charge in [-0.2, -0.15) is 0 Å². The Morgan fingerprint density at radius 2 is 2.00 bits per heavy atom. The average molecular weight is 219 g/mol. The highest BCUT2D eigenvalue weighted by atomic mass is 79.9. The molecule has 0 saturated carbocycles. The van der Waals surface area contributed by atoms with E-state index < -0.39 is 0 Å². The van der Waals surface area contributed by atoms with Crippen LogP contribution in [0.1, 0.15) is 0 Å². The fourth-order valence-electron chi connectivity index (χ4n) is 0.716. The molecule has 1 aromatic carbocycles. The van der Waals surface area contributed by atoms with Gasteiger partial charge in [0.05, 0.1) is 11.6 Å². The smallest absolute Gasteiger partial charge is 0.172 e. The molecule has 4 heteroatoms. The summed E-state index contributed by atoms with van der Waals surface area (Å²) in [4.78, 5) is 0. The zero-order valence-corrected chi connectivity index (χ0v) is 7.42. The van der Waals surface area contributed by atoms with E-state index in [1.54, 1.807) is 0 Å². The summed E-state index contributed by atoms with van der Waals surface area (Å²) in [6, 6.07) is 2.72. The Balaban J connectivity index is 3.24. The molecule has 0 unspecified atom stereocenters. The lowest BCUT2D eigenvalue weighted by atomic mass is 10.3. The van der Waals surface area contributed by atoms with Crippen LogP contribution in [0.5, 0.6) is 17.2 Å². The van der Waals surface area contributed by atoms with Crippen LogP contribution in [0.3, 0.4) is 0 Å². The number of hydrogen-bond acceptors (Lipinski definition) is 3. The summed E-state index contributed by atoms with van der Waals surface area (Å²) < 4.78 is 5.18. The van der Waals surface area contributed by atoms with Gasteiger partial charge in [-0.15, -0.1) is 0 Å². The Labute approximate surface area is 72.4 Å². The van der Waals surface area contributed by atoms with E-state index in [4.69, 9.17) is 9.84 Å². The van der Waals surface area contributed by atoms with E-state index in [0.29, 0.717) is 4.47 Å². The number of phenolic OH excluding ortho intramolecular Hbond substituents is 2. The van der Waals surface area contributed by atoms with Crippen LogP contribution >= 0.6 is 15.9 Å². The van der Waals surface area contributed by atoms with Gasteiger partial charge >= 0.3 is 0 Å². The molecule has 0 saturated heterocycles. The van der Waals surface area contributed by atoms with Crippen LogP contribution in [-0.4, -0.2) is 17.3 Å². The number of phenols is 2. The first-order chi connectivity index (χ1) is 5.15. The normalized spacial score (nSPS) is 9.64. The van der Waals surface area contributed by atoms with Gasteiger partial charge in [0.25, 0.3) is 0 Å². The van der Waals surface area contributed by atoms with Crippen LogP contribution in [0.4, 0.5) is 0 Å². The van der Waals surface area contributed by atoms with Gasteiger partial charge in [0.1, 0.15) is 5.75 Å². The standard InChI is InChI=1S/C7H7BrO3/c1-11-6-3-4(9)2-5(8)7(6)10/h2-3,9-10H,1H3. The summed E-state index contributed by atoms with van der Waals surface area (Å²) in [6.45, 7) is 0. The van der Waals surface area contributed by atoms with Crippen molar-refractivity contribution in [3.05, 3.63) is 16.6 Å². The van der Waals surface area contributed by atoms with Crippen LogP contribution in [0.15, 0.2) is 16.6 Å². The molecule has 0 atom stereocenters. The summed E-state index contributed by atoms with van der Waals surface area (Å²) in [7, 11) is 1.42. The van der Waals surface area contributed by atoms with E-state index in [0.717, 1.165) is 0 Å². The second-order valence-electron chi connectivity index (χ2n) is 1.98. The second kappa shape index (κ2) is 3.00. The molecule has 0 radical (unpaired) electrons. The monoisotopic (exact) mass is 218 g/mol. The summed E-state index contributed by atoms with van der Waals surface area (Å²) in [6.07, 6.45) is 0. The molecule has 0 aliphatic carbocycles. The van der Waals surface area contributed by atoms with Crippen molar-refractivity contribution in [1.29, 1.82) is 0 Å². The highest BCUT2D eigenvalue weighted by Gasteiger charge is 2.06. The van der Waals surface area contributed by atoms with E-state index in [9.17, 15) is 5.11 Å². The Morgan fingerprint density at radius 1 is 1.36 bits per heavy atom. The largest absolute Gasteiger partial charge is 0.508 e. The predicted molar refractivity (Wildman–Crippen MR) is 44.0 cm³/mol. The molecule has 0 bridgehead atoms. The van der Waals surface area contributed by atoms with Crippen molar-refractivity contribution >= 4 is 15.9 Å². The molecule has 0 spiro atoms. The maximum atomic E-state index is 9.24. The van der Waals surface area contributed by atoms with E-state index >= 15 is 0 Å². The van der Waals surface area contributed by atoms with Crippen molar-refractivity contribution in [1.82, 2.24) is 0 Å². The van der Waals surface area contributed by atoms with Gasteiger partial charge < -0.3 is 14.9 Å². The van der Waals surface area contributed by atoms with Crippen LogP contribution in [0.2, 0.25) is 0 Å². The number of methoxy groups -OCH3 is 1. The molecule has 1 rings (SSSR count). The molecule has 11 heavy (non-hydrogen) atoms. The minimum atomic E-state index is -0.00898. The fraction of sp³-hybridized carbons (Fsp3) is 0.143. The summed E-state index contributed by atoms with van der Waals surface area (Å²) >= 11 is 3.05. The zero-order chi connectivity index (χ0) is 8.43. The molecule has 3 nitrogen and oxygen atoms in total. The number of hydrogen-bond donors (Lipinski definition) is 2. The lowest BCUT2D eigenvalue weighted by molar-refractivity contribution is 0.367. The van der Waals surface area contributed by atoms with Gasteiger partial charge in [-0.1, -0.05) is 0 Å². The SMILES string of the molecule is COc1cc(O)cc(Br)c1O. The van der Waals surface area contributed by atoms with Gasteiger partial charge in [0.2, 0.25) is 0 Å². The molecule has 1 aromatic rings. The molecule has 0 amide bonds. The van der Waals surface area contributed by atoms with Gasteiger partial charge in [0, 0.05) is 6.07 Å². The van der Waals surface area contributed by atoms with Crippen molar-refractivity contribution in [3.63, 3.8) is 0 Å². The van der Waals surface area contributed by atoms with Gasteiger partial charge in [-0.3, -0.25) is 0 Å². The predicted octanol–water partition coefficient (Wildman–Crippen LogP) is 1.87. The van der Waals surface area contributed by atoms with Gasteiger partial charge in [-0.25, -0.2) is 0 Å². The highest BCUT2D eigenvalue weighted by Crippen LogP contribution is 2.37. The third-order valence-corrected chi connectivity index (χ3v) is 1.84. The Morgan fingerprint density at radius 3 is 2.55 bits per heavy atom. The van der Waals surface area contributed by atoms with E-state index in [-0.39, 0.29) is 17.2 Å². The minimum Gasteiger partial charge on any atom is -0.508 e. The summed E-state index contributed by atoms with van der Waals surface area (Å²) in [5.41, 5.74) is 0. The van der Waals surface area contributed by atoms with Crippen molar-refractivity contribution in [2.24, 2.45) is 0 Å². The molecule has 0 fully saturated rings. The lowest BCUT2D eigenvalue weighted by Crippen LogP contribution is -1.83. The first-order valence-corrected chi connectivity index (χ1v) is 3.70. The molecule has 2 N–H and O–H groups in total. The van der Waals surface area contributed by atoms with Crippen LogP contribution in [-0.2, 0) is 0 Å². The molecule has 0 aliphatic rings. The maximum Gasteiger partial charge on any atom is 0.172 e. The van der Waals surface area contributed by atoms with Gasteiger partial charge in [0.15, 0.2) is 11.5 Å². The van der Waals surface area contributed by atoms with Crippen LogP contribution < -0.4 is 4.74 Å². The minimum absolute atomic E-state index is 0.00898. The quantitative estimate of drug-likeness (QED) is 0.708. The van der Waals surface area contributed by atoms with E-state index in [1.807, 2.05) is 0 Å². The van der Waals surface area contributed by atoms with E-state index in [1.165, 1.54) is 19.2 Å². The lowest BCUT2D eigenvalue weighted by Gasteiger charge is -2.04. The Hall–Kier alpha value is -0.900. The molecule has 60 valence electrons. The molecular weight excluding hydrogens is 212 g/mol. The molecule has 0 heterocycles. The first-order valence-electron chi connectivity index (χ1n) is 2.90. The number of benzene rings is 1. The number of ether oxygens (including phenoxy) is 1. The highest BCUT2D eigenvalue weighted by molar-refractivity contribution is 9.10. The third-order valence-electron chi connectivity index (χ3n) is 1.23. The van der Waals surface area contributed by atoms with Crippen LogP contribution in [0, 0.1) is 0 Å². The Kier molecular flexibility index (Phi) is 2.24. The van der Waals surface area contributed by atoms with Gasteiger partial charge in [-0.05, 0) is 22.0 Å². The summed E-state index contributed by atoms with van der Waals surface area (Å²) in [5, 5.41) is 18.3. The summed E-state index contributed by atoms with van der Waals surface area (Å²) in [5.74, 6) is 0.286. The van der Waals surface area contributed by atoms with Crippen molar-refractivity contribution in [3.8, 4) is 17.2 Å². The number of rotatable bonds is 1. The fourth-order valence-corrected chi connectivity index (χ4v) is 1.15. The van der Waals surface area contributed by atoms with Crippen LogP contribution in [0.25, 0.3) is 0 Å². The number of aromatic hydroxyl groups is 2. The van der Waals surface area contributed by atoms with Crippen molar-refractivity contribution < 1.29 is 14.9 Å². The topological polar surface area (TPSA) is 49.7 Å². The molecular formula is C7H7BrO3. The Bertz CT molecular complexity index is 273. The third kappa shape index (κ3) is 1.57. The zero-order valence-electron chi connectivity index (χ0n) is 5.84. The van der Waals surface area contributed by atoms with Crippen molar-refractivity contribution in [2.45, 2.75) is 0 Å². The average Bonchev–Trinajstić information content (AvgIpc) is 1.96. The van der Waals surface area contributed by atoms with Crippen molar-refractivity contribution in [2.75, 3.05) is 7.11 Å². The number of halogens is 1.